The Morgan fingerprint density at radius 2 is 2.43 bits per heavy atom. The van der Waals surface area contributed by atoms with E-state index in [1.165, 1.54) is 0 Å². The van der Waals surface area contributed by atoms with Gasteiger partial charge in [0.2, 0.25) is 5.91 Å². The number of nitrogens with two attached hydrogens (primary N) is 1. The molecule has 0 aliphatic heterocycles. The van der Waals surface area contributed by atoms with Crippen molar-refractivity contribution in [2.75, 3.05) is 5.32 Å². The summed E-state index contributed by atoms with van der Waals surface area (Å²) < 4.78 is 0. The number of nitrogens with zero attached hydrogens (tertiary/aromatic N) is 1. The third kappa shape index (κ3) is 4.04. The Hall–Kier alpha value is -1.36. The highest BCUT2D eigenvalue weighted by atomic mass is 16.1. The van der Waals surface area contributed by atoms with E-state index >= 15 is 0 Å². The van der Waals surface area contributed by atoms with Crippen molar-refractivity contribution in [3.63, 3.8) is 0 Å². The maximum absolute atomic E-state index is 11.3. The monoisotopic (exact) mass is 196 g/mol. The lowest BCUT2D eigenvalue weighted by molar-refractivity contribution is -0.116. The Balaban J connectivity index is 2.30. The van der Waals surface area contributed by atoms with Crippen molar-refractivity contribution in [3.8, 4) is 0 Å². The molecule has 0 radical (unpaired) electrons. The van der Waals surface area contributed by atoms with Crippen LogP contribution in [0.25, 0.3) is 0 Å². The second-order valence-electron chi connectivity index (χ2n) is 4.02. The fraction of sp³-hybridized carbons (Fsp3) is 0.556. The molecule has 5 nitrogen and oxygen atoms in total. The van der Waals surface area contributed by atoms with Gasteiger partial charge in [-0.1, -0.05) is 0 Å². The highest BCUT2D eigenvalue weighted by Gasteiger charge is 2.13. The molecule has 0 saturated carbocycles. The van der Waals surface area contributed by atoms with Crippen molar-refractivity contribution >= 4 is 11.6 Å². The van der Waals surface area contributed by atoms with E-state index < -0.39 is 0 Å². The highest BCUT2D eigenvalue weighted by Crippen LogP contribution is 2.09. The highest BCUT2D eigenvalue weighted by molar-refractivity contribution is 5.90. The van der Waals surface area contributed by atoms with Gasteiger partial charge in [0.15, 0.2) is 0 Å². The molecule has 0 spiro atoms. The lowest BCUT2D eigenvalue weighted by atomic mass is 10.00. The quantitative estimate of drug-likeness (QED) is 0.668. The van der Waals surface area contributed by atoms with Crippen LogP contribution >= 0.6 is 0 Å². The Labute approximate surface area is 83.1 Å². The molecule has 1 rings (SSSR count). The first-order valence-electron chi connectivity index (χ1n) is 4.55. The molecular weight excluding hydrogens is 180 g/mol. The summed E-state index contributed by atoms with van der Waals surface area (Å²) in [6, 6.07) is 0. The van der Waals surface area contributed by atoms with Crippen molar-refractivity contribution in [1.29, 1.82) is 0 Å². The van der Waals surface area contributed by atoms with Gasteiger partial charge in [-0.2, -0.15) is 5.10 Å². The van der Waals surface area contributed by atoms with Crippen molar-refractivity contribution in [2.24, 2.45) is 5.73 Å². The van der Waals surface area contributed by atoms with E-state index in [0.29, 0.717) is 18.5 Å². The maximum atomic E-state index is 11.3. The Morgan fingerprint density at radius 3 is 2.93 bits per heavy atom. The van der Waals surface area contributed by atoms with Gasteiger partial charge in [-0.15, -0.1) is 0 Å². The third-order valence-electron chi connectivity index (χ3n) is 1.78. The molecule has 14 heavy (non-hydrogen) atoms. The topological polar surface area (TPSA) is 83.8 Å². The standard InChI is InChI=1S/C9H16N4O/c1-9(2,10)4-3-8(14)13-7-5-11-12-6-7/h5-6H,3-4,10H2,1-2H3,(H,11,12)(H,13,14). The second-order valence-corrected chi connectivity index (χ2v) is 4.02. The number of aromatic amines is 1. The molecular formula is C9H16N4O. The predicted octanol–water partition coefficient (Wildman–Crippen LogP) is 0.866. The molecule has 0 fully saturated rings. The first-order valence-corrected chi connectivity index (χ1v) is 4.55. The minimum atomic E-state index is -0.298. The maximum Gasteiger partial charge on any atom is 0.224 e. The first-order chi connectivity index (χ1) is 6.47. The molecule has 1 aromatic heterocycles. The van der Waals surface area contributed by atoms with Gasteiger partial charge in [-0.05, 0) is 20.3 Å². The molecule has 0 unspecified atom stereocenters. The molecule has 0 bridgehead atoms. The van der Waals surface area contributed by atoms with Gasteiger partial charge in [0.05, 0.1) is 11.9 Å². The number of hydrogen-bond donors (Lipinski definition) is 3. The first kappa shape index (κ1) is 10.7. The van der Waals surface area contributed by atoms with Crippen molar-refractivity contribution in [1.82, 2.24) is 10.2 Å². The predicted molar refractivity (Wildman–Crippen MR) is 54.7 cm³/mol. The van der Waals surface area contributed by atoms with Crippen molar-refractivity contribution in [3.05, 3.63) is 12.4 Å². The Morgan fingerprint density at radius 1 is 1.71 bits per heavy atom. The normalized spacial score (nSPS) is 11.4. The lowest BCUT2D eigenvalue weighted by Gasteiger charge is -2.17. The molecule has 0 aromatic carbocycles. The van der Waals surface area contributed by atoms with E-state index in [2.05, 4.69) is 15.5 Å². The molecule has 1 aromatic rings. The summed E-state index contributed by atoms with van der Waals surface area (Å²) in [6.07, 6.45) is 4.28. The van der Waals surface area contributed by atoms with E-state index in [0.717, 1.165) is 0 Å². The molecule has 1 amide bonds. The summed E-state index contributed by atoms with van der Waals surface area (Å²) in [5, 5.41) is 9.04. The second kappa shape index (κ2) is 4.23. The van der Waals surface area contributed by atoms with Gasteiger partial charge in [0.25, 0.3) is 0 Å². The van der Waals surface area contributed by atoms with Crippen LogP contribution in [0.4, 0.5) is 5.69 Å². The van der Waals surface area contributed by atoms with Gasteiger partial charge in [-0.25, -0.2) is 0 Å². The number of amides is 1. The smallest absolute Gasteiger partial charge is 0.224 e. The number of rotatable bonds is 4. The van der Waals surface area contributed by atoms with E-state index in [4.69, 9.17) is 5.73 Å². The van der Waals surface area contributed by atoms with Crippen LogP contribution < -0.4 is 11.1 Å². The van der Waals surface area contributed by atoms with Gasteiger partial charge in [0.1, 0.15) is 0 Å². The number of carbonyl (C=O) groups excluding carboxylic acids is 1. The van der Waals surface area contributed by atoms with Crippen LogP contribution in [0.2, 0.25) is 0 Å². The van der Waals surface area contributed by atoms with Crippen molar-refractivity contribution in [2.45, 2.75) is 32.2 Å². The Bertz CT molecular complexity index is 286. The van der Waals surface area contributed by atoms with Gasteiger partial charge in [-0.3, -0.25) is 9.89 Å². The molecule has 78 valence electrons. The van der Waals surface area contributed by atoms with E-state index in [9.17, 15) is 4.79 Å². The summed E-state index contributed by atoms with van der Waals surface area (Å²) in [6.45, 7) is 3.80. The van der Waals surface area contributed by atoms with Crippen LogP contribution in [0.15, 0.2) is 12.4 Å². The van der Waals surface area contributed by atoms with Gasteiger partial charge in [0, 0.05) is 18.2 Å². The lowest BCUT2D eigenvalue weighted by Crippen LogP contribution is -2.33. The zero-order chi connectivity index (χ0) is 10.6. The minimum absolute atomic E-state index is 0.0371. The largest absolute Gasteiger partial charge is 0.326 e. The molecule has 4 N–H and O–H groups in total. The molecule has 5 heteroatoms. The third-order valence-corrected chi connectivity index (χ3v) is 1.78. The average molecular weight is 196 g/mol. The minimum Gasteiger partial charge on any atom is -0.326 e. The number of anilines is 1. The molecule has 1 heterocycles. The van der Waals surface area contributed by atoms with E-state index in [-0.39, 0.29) is 11.4 Å². The molecule has 0 aliphatic rings. The molecule has 0 saturated heterocycles. The zero-order valence-electron chi connectivity index (χ0n) is 8.50. The fourth-order valence-electron chi connectivity index (χ4n) is 0.978. The fourth-order valence-corrected chi connectivity index (χ4v) is 0.978. The number of hydrogen-bond acceptors (Lipinski definition) is 3. The number of nitrogens with one attached hydrogen (secondary N) is 2. The van der Waals surface area contributed by atoms with E-state index in [1.54, 1.807) is 12.4 Å². The zero-order valence-corrected chi connectivity index (χ0v) is 8.50. The molecule has 0 aliphatic carbocycles. The van der Waals surface area contributed by atoms with Crippen molar-refractivity contribution < 1.29 is 4.79 Å². The number of carbonyl (C=O) groups is 1. The number of aromatic nitrogens is 2. The average Bonchev–Trinajstić information content (AvgIpc) is 2.52. The van der Waals surface area contributed by atoms with Crippen LogP contribution in [0.5, 0.6) is 0 Å². The van der Waals surface area contributed by atoms with Gasteiger partial charge < -0.3 is 11.1 Å². The Kier molecular flexibility index (Phi) is 3.24. The van der Waals surface area contributed by atoms with Gasteiger partial charge >= 0.3 is 0 Å². The SMILES string of the molecule is CC(C)(N)CCC(=O)Nc1cn[nH]c1. The summed E-state index contributed by atoms with van der Waals surface area (Å²) in [5.74, 6) is -0.0371. The summed E-state index contributed by atoms with van der Waals surface area (Å²) >= 11 is 0. The van der Waals surface area contributed by atoms with Crippen LogP contribution in [0.3, 0.4) is 0 Å². The number of H-pyrrole nitrogens is 1. The van der Waals surface area contributed by atoms with Crippen LogP contribution in [0.1, 0.15) is 26.7 Å². The summed E-state index contributed by atoms with van der Waals surface area (Å²) in [4.78, 5) is 11.3. The van der Waals surface area contributed by atoms with E-state index in [1.807, 2.05) is 13.8 Å². The van der Waals surface area contributed by atoms with Crippen LogP contribution in [-0.2, 0) is 4.79 Å². The van der Waals surface area contributed by atoms with Crippen LogP contribution in [-0.4, -0.2) is 21.6 Å². The summed E-state index contributed by atoms with van der Waals surface area (Å²) in [5.41, 5.74) is 6.15. The van der Waals surface area contributed by atoms with Crippen LogP contribution in [0, 0.1) is 0 Å². The molecule has 0 atom stereocenters. The summed E-state index contributed by atoms with van der Waals surface area (Å²) in [7, 11) is 0.